The second-order valence-corrected chi connectivity index (χ2v) is 8.00. The second kappa shape index (κ2) is 9.39. The Morgan fingerprint density at radius 2 is 2.00 bits per heavy atom. The molecule has 2 unspecified atom stereocenters. The maximum Gasteiger partial charge on any atom is 0.311 e. The summed E-state index contributed by atoms with van der Waals surface area (Å²) in [6.07, 6.45) is 2.74. The lowest BCUT2D eigenvalue weighted by Crippen LogP contribution is -2.36. The number of ether oxygens (including phenoxy) is 1. The maximum atomic E-state index is 11.9. The first-order chi connectivity index (χ1) is 13.9. The van der Waals surface area contributed by atoms with E-state index in [2.05, 4.69) is 5.16 Å². The van der Waals surface area contributed by atoms with Crippen molar-refractivity contribution in [1.29, 1.82) is 0 Å². The van der Waals surface area contributed by atoms with Crippen LogP contribution in [0.15, 0.2) is 29.4 Å². The van der Waals surface area contributed by atoms with Gasteiger partial charge in [0.2, 0.25) is 0 Å². The molecule has 2 N–H and O–H groups in total. The minimum absolute atomic E-state index is 0.0756. The topological polar surface area (TPSA) is 105 Å². The summed E-state index contributed by atoms with van der Waals surface area (Å²) in [6, 6.07) is 7.42. The molecule has 2 fully saturated rings. The molecule has 2 aliphatic carbocycles. The van der Waals surface area contributed by atoms with Gasteiger partial charge in [-0.15, -0.1) is 0 Å². The van der Waals surface area contributed by atoms with Crippen LogP contribution in [0.2, 0.25) is 0 Å². The highest BCUT2D eigenvalue weighted by Gasteiger charge is 2.48. The number of carboxylic acid groups (broad SMARTS) is 1. The molecule has 0 saturated heterocycles. The van der Waals surface area contributed by atoms with Gasteiger partial charge in [0.25, 0.3) is 0 Å². The molecule has 7 heteroatoms. The zero-order valence-electron chi connectivity index (χ0n) is 16.9. The smallest absolute Gasteiger partial charge is 0.311 e. The van der Waals surface area contributed by atoms with E-state index < -0.39 is 11.9 Å². The maximum absolute atomic E-state index is 11.9. The number of fused-ring (bicyclic) bond motifs is 2. The molecule has 5 atom stereocenters. The normalized spacial score (nSPS) is 28.8. The number of hydrogen-bond acceptors (Lipinski definition) is 6. The number of oxime groups is 1. The fraction of sp³-hybridized carbons (Fsp3) is 0.591. The van der Waals surface area contributed by atoms with Gasteiger partial charge < -0.3 is 19.8 Å². The van der Waals surface area contributed by atoms with Crippen molar-refractivity contribution < 1.29 is 29.4 Å². The first-order valence-electron chi connectivity index (χ1n) is 10.2. The molecule has 0 aromatic heterocycles. The van der Waals surface area contributed by atoms with Crippen LogP contribution in [-0.4, -0.2) is 41.1 Å². The predicted molar refractivity (Wildman–Crippen MR) is 107 cm³/mol. The highest BCUT2D eigenvalue weighted by Crippen LogP contribution is 2.53. The summed E-state index contributed by atoms with van der Waals surface area (Å²) in [4.78, 5) is 27.6. The summed E-state index contributed by atoms with van der Waals surface area (Å²) in [5.74, 6) is -0.325. The summed E-state index contributed by atoms with van der Waals surface area (Å²) >= 11 is 0. The first kappa shape index (κ1) is 21.3. The van der Waals surface area contributed by atoms with Crippen molar-refractivity contribution in [2.24, 2.45) is 22.9 Å². The monoisotopic (exact) mass is 403 g/mol. The van der Waals surface area contributed by atoms with Gasteiger partial charge in [-0.2, -0.15) is 0 Å². The second-order valence-electron chi connectivity index (χ2n) is 8.00. The molecule has 3 rings (SSSR count). The highest BCUT2D eigenvalue weighted by molar-refractivity contribution is 5.87. The lowest BCUT2D eigenvalue weighted by molar-refractivity contribution is -0.142. The number of nitrogens with zero attached hydrogens (tertiary/aromatic N) is 1. The molecule has 2 aliphatic rings. The number of carboxylic acids is 1. The van der Waals surface area contributed by atoms with Crippen LogP contribution in [-0.2, 0) is 14.4 Å². The molecular formula is C22H29NO6. The van der Waals surface area contributed by atoms with Gasteiger partial charge in [-0.05, 0) is 61.1 Å². The minimum atomic E-state index is -1.03. The van der Waals surface area contributed by atoms with E-state index in [0.717, 1.165) is 37.0 Å². The fourth-order valence-corrected chi connectivity index (χ4v) is 5.04. The van der Waals surface area contributed by atoms with Gasteiger partial charge in [-0.3, -0.25) is 9.59 Å². The van der Waals surface area contributed by atoms with Crippen molar-refractivity contribution in [2.75, 3.05) is 7.11 Å². The zero-order chi connectivity index (χ0) is 21.0. The van der Waals surface area contributed by atoms with Crippen LogP contribution in [0.1, 0.15) is 56.9 Å². The van der Waals surface area contributed by atoms with Crippen molar-refractivity contribution in [1.82, 2.24) is 0 Å². The predicted octanol–water partition coefficient (Wildman–Crippen LogP) is 3.36. The van der Waals surface area contributed by atoms with E-state index in [1.165, 1.54) is 0 Å². The van der Waals surface area contributed by atoms with Crippen LogP contribution in [0.25, 0.3) is 0 Å². The van der Waals surface area contributed by atoms with Crippen molar-refractivity contribution >= 4 is 17.7 Å². The van der Waals surface area contributed by atoms with Crippen LogP contribution in [0.3, 0.4) is 0 Å². The molecule has 0 spiro atoms. The lowest BCUT2D eigenvalue weighted by Gasteiger charge is -2.38. The number of aliphatic hydroxyl groups excluding tert-OH is 1. The molecule has 2 bridgehead atoms. The zero-order valence-corrected chi connectivity index (χ0v) is 16.9. The third kappa shape index (κ3) is 4.96. The van der Waals surface area contributed by atoms with E-state index in [9.17, 15) is 14.7 Å². The summed E-state index contributed by atoms with van der Waals surface area (Å²) < 4.78 is 5.35. The molecule has 1 aromatic carbocycles. The molecule has 2 saturated carbocycles. The quantitative estimate of drug-likeness (QED) is 0.298. The van der Waals surface area contributed by atoms with E-state index in [4.69, 9.17) is 14.7 Å². The van der Waals surface area contributed by atoms with Gasteiger partial charge in [0, 0.05) is 5.92 Å². The number of benzene rings is 1. The van der Waals surface area contributed by atoms with Crippen LogP contribution >= 0.6 is 0 Å². The van der Waals surface area contributed by atoms with Crippen LogP contribution in [0.4, 0.5) is 0 Å². The van der Waals surface area contributed by atoms with Gasteiger partial charge in [-0.25, -0.2) is 0 Å². The summed E-state index contributed by atoms with van der Waals surface area (Å²) in [7, 11) is 1.54. The Morgan fingerprint density at radius 1 is 1.21 bits per heavy atom. The third-order valence-electron chi connectivity index (χ3n) is 6.17. The first-order valence-corrected chi connectivity index (χ1v) is 10.2. The van der Waals surface area contributed by atoms with E-state index in [0.29, 0.717) is 11.7 Å². The molecule has 158 valence electrons. The molecule has 1 aromatic rings. The van der Waals surface area contributed by atoms with E-state index >= 15 is 0 Å². The van der Waals surface area contributed by atoms with Crippen molar-refractivity contribution in [2.45, 2.75) is 57.5 Å². The number of aliphatic carboxylic acids is 1. The average molecular weight is 403 g/mol. The van der Waals surface area contributed by atoms with Crippen molar-refractivity contribution in [3.8, 4) is 5.75 Å². The lowest BCUT2D eigenvalue weighted by atomic mass is 9.67. The third-order valence-corrected chi connectivity index (χ3v) is 6.17. The number of carbonyl (C=O) groups is 2. The SMILES string of the molecule is CCC(=NOC)[C@@H]1[C@@H]2CC(CC2O)C[C@H]1c1cccc(OC(=O)CCC(=O)O)c1. The average Bonchev–Trinajstić information content (AvgIpc) is 2.99. The fourth-order valence-electron chi connectivity index (χ4n) is 5.04. The molecular weight excluding hydrogens is 374 g/mol. The molecule has 29 heavy (non-hydrogen) atoms. The number of esters is 1. The summed E-state index contributed by atoms with van der Waals surface area (Å²) in [5.41, 5.74) is 1.99. The Bertz CT molecular complexity index is 776. The van der Waals surface area contributed by atoms with Crippen molar-refractivity contribution in [3.05, 3.63) is 29.8 Å². The Hall–Kier alpha value is -2.41. The van der Waals surface area contributed by atoms with Gasteiger partial charge >= 0.3 is 11.9 Å². The summed E-state index contributed by atoms with van der Waals surface area (Å²) in [6.45, 7) is 2.04. The van der Waals surface area contributed by atoms with E-state index in [-0.39, 0.29) is 36.7 Å². The van der Waals surface area contributed by atoms with Crippen LogP contribution in [0.5, 0.6) is 5.75 Å². The van der Waals surface area contributed by atoms with Crippen LogP contribution in [0, 0.1) is 17.8 Å². The Kier molecular flexibility index (Phi) is 6.90. The number of carbonyl (C=O) groups excluding carboxylic acids is 1. The summed E-state index contributed by atoms with van der Waals surface area (Å²) in [5, 5.41) is 23.6. The highest BCUT2D eigenvalue weighted by atomic mass is 16.6. The molecule has 0 amide bonds. The molecule has 0 aliphatic heterocycles. The number of rotatable bonds is 8. The minimum Gasteiger partial charge on any atom is -0.481 e. The van der Waals surface area contributed by atoms with Gasteiger partial charge in [-0.1, -0.05) is 24.2 Å². The number of aliphatic hydroxyl groups is 1. The number of hydrogen-bond donors (Lipinski definition) is 2. The van der Waals surface area contributed by atoms with E-state index in [1.54, 1.807) is 13.2 Å². The Labute approximate surface area is 170 Å². The largest absolute Gasteiger partial charge is 0.481 e. The Morgan fingerprint density at radius 3 is 2.69 bits per heavy atom. The van der Waals surface area contributed by atoms with Gasteiger partial charge in [0.05, 0.1) is 24.7 Å². The van der Waals surface area contributed by atoms with Gasteiger partial charge in [0.15, 0.2) is 0 Å². The van der Waals surface area contributed by atoms with E-state index in [1.807, 2.05) is 25.1 Å². The standard InChI is InChI=1S/C22H29NO6/c1-3-18(23-28-2)22-16(9-13-10-17(22)19(24)11-13)14-5-4-6-15(12-14)29-21(27)8-7-20(25)26/h4-6,12-13,16-17,19,22,24H,3,7-11H2,1-2H3,(H,25,26)/t13?,16-,17+,19?,22-/m0/s1. The van der Waals surface area contributed by atoms with Gasteiger partial charge in [0.1, 0.15) is 12.9 Å². The molecule has 0 radical (unpaired) electrons. The van der Waals surface area contributed by atoms with Crippen molar-refractivity contribution in [3.63, 3.8) is 0 Å². The molecule has 7 nitrogen and oxygen atoms in total. The molecule has 0 heterocycles. The van der Waals surface area contributed by atoms with Crippen LogP contribution < -0.4 is 4.74 Å². The Balaban J connectivity index is 1.84.